The van der Waals surface area contributed by atoms with Crippen LogP contribution in [0.1, 0.15) is 17.7 Å². The normalized spacial score (nSPS) is 10.8. The molecule has 0 aliphatic rings. The number of nitrogens with one attached hydrogen (secondary N) is 1. The largest absolute Gasteiger partial charge is 0.469 e. The molecule has 0 fully saturated rings. The molecule has 9 heteroatoms. The molecule has 1 aromatic heterocycles. The Labute approximate surface area is 159 Å². The molecule has 1 N–H and O–H groups in total. The Morgan fingerprint density at radius 3 is 2.56 bits per heavy atom. The molecule has 27 heavy (non-hydrogen) atoms. The Morgan fingerprint density at radius 1 is 1.15 bits per heavy atom. The van der Waals surface area contributed by atoms with Crippen LogP contribution in [0.2, 0.25) is 0 Å². The zero-order valence-electron chi connectivity index (χ0n) is 14.8. The summed E-state index contributed by atoms with van der Waals surface area (Å²) in [5.74, 6) is -1.16. The van der Waals surface area contributed by atoms with Crippen molar-refractivity contribution in [2.45, 2.75) is 13.0 Å². The molecule has 1 aromatic carbocycles. The molecule has 142 valence electrons. The lowest BCUT2D eigenvalue weighted by Crippen LogP contribution is -2.13. The summed E-state index contributed by atoms with van der Waals surface area (Å²) in [5, 5.41) is 4.30. The van der Waals surface area contributed by atoms with Crippen LogP contribution < -0.4 is 5.32 Å². The Balaban J connectivity index is 2.01. The standard InChI is InChI=1S/C18H18N2O6S/c1-24-15(21)9-8-13(16(22)25-2)14-11-27-17(19-14)20-18(23)26-10-12-6-4-3-5-7-12/h3-8,11H,9-10H2,1-2H3,(H,19,20,23). The monoisotopic (exact) mass is 390 g/mol. The second-order valence-corrected chi connectivity index (χ2v) is 5.97. The van der Waals surface area contributed by atoms with Crippen LogP contribution in [-0.2, 0) is 30.4 Å². The van der Waals surface area contributed by atoms with Gasteiger partial charge in [-0.3, -0.25) is 10.1 Å². The topological polar surface area (TPSA) is 104 Å². The van der Waals surface area contributed by atoms with E-state index >= 15 is 0 Å². The van der Waals surface area contributed by atoms with E-state index in [1.54, 1.807) is 5.38 Å². The zero-order valence-corrected chi connectivity index (χ0v) is 15.6. The Hall–Kier alpha value is -3.20. The van der Waals surface area contributed by atoms with Gasteiger partial charge in [0.15, 0.2) is 5.13 Å². The van der Waals surface area contributed by atoms with E-state index in [2.05, 4.69) is 15.0 Å². The minimum absolute atomic E-state index is 0.102. The summed E-state index contributed by atoms with van der Waals surface area (Å²) in [6, 6.07) is 9.23. The van der Waals surface area contributed by atoms with Gasteiger partial charge in [0.1, 0.15) is 6.61 Å². The van der Waals surface area contributed by atoms with Crippen molar-refractivity contribution in [3.63, 3.8) is 0 Å². The molecule has 0 aliphatic heterocycles. The summed E-state index contributed by atoms with van der Waals surface area (Å²) in [5.41, 5.74) is 1.23. The number of benzene rings is 1. The highest BCUT2D eigenvalue weighted by molar-refractivity contribution is 7.14. The van der Waals surface area contributed by atoms with Gasteiger partial charge in [-0.1, -0.05) is 36.4 Å². The van der Waals surface area contributed by atoms with Crippen LogP contribution in [0, 0.1) is 0 Å². The van der Waals surface area contributed by atoms with Crippen molar-refractivity contribution < 1.29 is 28.6 Å². The van der Waals surface area contributed by atoms with E-state index in [1.807, 2.05) is 30.3 Å². The number of carbonyl (C=O) groups excluding carboxylic acids is 3. The highest BCUT2D eigenvalue weighted by atomic mass is 32.1. The Morgan fingerprint density at radius 2 is 1.89 bits per heavy atom. The van der Waals surface area contributed by atoms with Crippen molar-refractivity contribution >= 4 is 40.1 Å². The molecule has 0 bridgehead atoms. The number of methoxy groups -OCH3 is 2. The summed E-state index contributed by atoms with van der Waals surface area (Å²) in [7, 11) is 2.47. The average molecular weight is 390 g/mol. The lowest BCUT2D eigenvalue weighted by molar-refractivity contribution is -0.139. The fraction of sp³-hybridized carbons (Fsp3) is 0.222. The molecule has 0 unspecified atom stereocenters. The number of carbonyl (C=O) groups is 3. The third kappa shape index (κ3) is 6.23. The number of anilines is 1. The molecular formula is C18H18N2O6S. The Bertz CT molecular complexity index is 831. The van der Waals surface area contributed by atoms with E-state index in [0.717, 1.165) is 16.9 Å². The van der Waals surface area contributed by atoms with Crippen molar-refractivity contribution in [3.05, 3.63) is 53.0 Å². The SMILES string of the molecule is COC(=O)CC=C(C(=O)OC)c1csc(NC(=O)OCc2ccccc2)n1. The predicted molar refractivity (Wildman–Crippen MR) is 99.0 cm³/mol. The molecule has 2 rings (SSSR count). The molecule has 0 atom stereocenters. The molecule has 0 radical (unpaired) electrons. The molecule has 0 spiro atoms. The fourth-order valence-electron chi connectivity index (χ4n) is 1.97. The summed E-state index contributed by atoms with van der Waals surface area (Å²) < 4.78 is 14.4. The van der Waals surface area contributed by atoms with E-state index in [4.69, 9.17) is 9.47 Å². The van der Waals surface area contributed by atoms with Gasteiger partial charge in [0.2, 0.25) is 0 Å². The van der Waals surface area contributed by atoms with Crippen LogP contribution in [-0.4, -0.2) is 37.2 Å². The van der Waals surface area contributed by atoms with Crippen molar-refractivity contribution in [1.29, 1.82) is 0 Å². The number of hydrogen-bond donors (Lipinski definition) is 1. The second kappa shape index (κ2) is 10.1. The summed E-state index contributed by atoms with van der Waals surface area (Å²) >= 11 is 1.11. The van der Waals surface area contributed by atoms with Gasteiger partial charge in [0, 0.05) is 5.38 Å². The van der Waals surface area contributed by atoms with Crippen LogP contribution in [0.15, 0.2) is 41.8 Å². The van der Waals surface area contributed by atoms with Crippen molar-refractivity contribution in [1.82, 2.24) is 4.98 Å². The number of nitrogens with zero attached hydrogens (tertiary/aromatic N) is 1. The maximum Gasteiger partial charge on any atom is 0.413 e. The smallest absolute Gasteiger partial charge is 0.413 e. The quantitative estimate of drug-likeness (QED) is 0.440. The van der Waals surface area contributed by atoms with E-state index in [1.165, 1.54) is 20.3 Å². The average Bonchev–Trinajstić information content (AvgIpc) is 3.14. The fourth-order valence-corrected chi connectivity index (χ4v) is 2.67. The number of esters is 2. The molecular weight excluding hydrogens is 372 g/mol. The summed E-state index contributed by atoms with van der Waals surface area (Å²) in [6.45, 7) is 0.122. The first-order chi connectivity index (χ1) is 13.0. The minimum Gasteiger partial charge on any atom is -0.469 e. The van der Waals surface area contributed by atoms with Crippen LogP contribution in [0.4, 0.5) is 9.93 Å². The highest BCUT2D eigenvalue weighted by Crippen LogP contribution is 2.23. The van der Waals surface area contributed by atoms with Crippen LogP contribution in [0.3, 0.4) is 0 Å². The highest BCUT2D eigenvalue weighted by Gasteiger charge is 2.17. The number of hydrogen-bond acceptors (Lipinski definition) is 8. The van der Waals surface area contributed by atoms with E-state index in [9.17, 15) is 14.4 Å². The van der Waals surface area contributed by atoms with Crippen LogP contribution in [0.25, 0.3) is 5.57 Å². The van der Waals surface area contributed by atoms with Gasteiger partial charge in [0.05, 0.1) is 31.9 Å². The first-order valence-corrected chi connectivity index (χ1v) is 8.70. The molecule has 8 nitrogen and oxygen atoms in total. The second-order valence-electron chi connectivity index (χ2n) is 5.11. The maximum absolute atomic E-state index is 11.9. The van der Waals surface area contributed by atoms with Gasteiger partial charge in [-0.25, -0.2) is 14.6 Å². The predicted octanol–water partition coefficient (Wildman–Crippen LogP) is 3.01. The first-order valence-electron chi connectivity index (χ1n) is 7.82. The number of rotatable bonds is 7. The van der Waals surface area contributed by atoms with Crippen molar-refractivity contribution in [3.8, 4) is 0 Å². The third-order valence-electron chi connectivity index (χ3n) is 3.31. The van der Waals surface area contributed by atoms with Gasteiger partial charge < -0.3 is 14.2 Å². The lowest BCUT2D eigenvalue weighted by Gasteiger charge is -2.05. The lowest BCUT2D eigenvalue weighted by atomic mass is 10.1. The molecule has 2 aromatic rings. The molecule has 0 aliphatic carbocycles. The van der Waals surface area contributed by atoms with E-state index < -0.39 is 18.0 Å². The van der Waals surface area contributed by atoms with Gasteiger partial charge in [0.25, 0.3) is 0 Å². The van der Waals surface area contributed by atoms with Gasteiger partial charge in [-0.2, -0.15) is 0 Å². The molecule has 1 heterocycles. The van der Waals surface area contributed by atoms with Crippen LogP contribution in [0.5, 0.6) is 0 Å². The van der Waals surface area contributed by atoms with Gasteiger partial charge in [-0.15, -0.1) is 11.3 Å². The molecule has 0 saturated carbocycles. The summed E-state index contributed by atoms with van der Waals surface area (Å²) in [6.07, 6.45) is 0.586. The zero-order chi connectivity index (χ0) is 19.6. The Kier molecular flexibility index (Phi) is 7.50. The van der Waals surface area contributed by atoms with Gasteiger partial charge in [-0.05, 0) is 5.56 Å². The molecule has 0 saturated heterocycles. The van der Waals surface area contributed by atoms with E-state index in [-0.39, 0.29) is 29.4 Å². The molecule has 1 amide bonds. The number of ether oxygens (including phenoxy) is 3. The number of aromatic nitrogens is 1. The summed E-state index contributed by atoms with van der Waals surface area (Å²) in [4.78, 5) is 39.2. The van der Waals surface area contributed by atoms with Crippen LogP contribution >= 0.6 is 11.3 Å². The minimum atomic E-state index is -0.669. The first kappa shape index (κ1) is 20.1. The van der Waals surface area contributed by atoms with Crippen molar-refractivity contribution in [2.24, 2.45) is 0 Å². The van der Waals surface area contributed by atoms with Crippen molar-refractivity contribution in [2.75, 3.05) is 19.5 Å². The number of thiazole rings is 1. The number of amides is 1. The maximum atomic E-state index is 11.9. The van der Waals surface area contributed by atoms with Gasteiger partial charge >= 0.3 is 18.0 Å². The van der Waals surface area contributed by atoms with E-state index in [0.29, 0.717) is 0 Å². The third-order valence-corrected chi connectivity index (χ3v) is 4.07.